The average Bonchev–Trinajstić information content (AvgIpc) is 2.49. The van der Waals surface area contributed by atoms with Gasteiger partial charge in [0.25, 0.3) is 0 Å². The summed E-state index contributed by atoms with van der Waals surface area (Å²) in [5.41, 5.74) is 1.74. The van der Waals surface area contributed by atoms with E-state index in [0.29, 0.717) is 12.3 Å². The number of hydrogen-bond acceptors (Lipinski definition) is 4. The Bertz CT molecular complexity index is 563. The van der Waals surface area contributed by atoms with E-state index in [1.165, 1.54) is 0 Å². The molecular weight excluding hydrogens is 238 g/mol. The van der Waals surface area contributed by atoms with E-state index in [0.717, 1.165) is 11.3 Å². The van der Waals surface area contributed by atoms with E-state index in [1.807, 2.05) is 42.5 Å². The van der Waals surface area contributed by atoms with Crippen LogP contribution in [-0.4, -0.2) is 12.1 Å². The van der Waals surface area contributed by atoms with Gasteiger partial charge in [0.2, 0.25) is 0 Å². The second kappa shape index (κ2) is 6.53. The molecule has 1 heterocycles. The number of hydrogen-bond donors (Lipinski definition) is 1. The van der Waals surface area contributed by atoms with Gasteiger partial charge in [0, 0.05) is 18.3 Å². The summed E-state index contributed by atoms with van der Waals surface area (Å²) in [6, 6.07) is 15.1. The molecule has 4 nitrogen and oxygen atoms in total. The fourth-order valence-electron chi connectivity index (χ4n) is 1.84. The molecule has 19 heavy (non-hydrogen) atoms. The molecule has 0 aliphatic carbocycles. The van der Waals surface area contributed by atoms with Crippen LogP contribution in [0.5, 0.6) is 5.75 Å². The van der Waals surface area contributed by atoms with Gasteiger partial charge < -0.3 is 4.74 Å². The molecule has 1 unspecified atom stereocenters. The molecule has 96 valence electrons. The number of nitrogens with zero attached hydrogens (tertiary/aromatic N) is 2. The summed E-state index contributed by atoms with van der Waals surface area (Å²) in [6.45, 7) is 0.539. The second-order valence-corrected chi connectivity index (χ2v) is 4.01. The zero-order chi connectivity index (χ0) is 13.5. The smallest absolute Gasteiger partial charge is 0.125 e. The fraction of sp³-hybridized carbons (Fsp3) is 0.200. The highest BCUT2D eigenvalue weighted by molar-refractivity contribution is 5.38. The molecule has 0 saturated heterocycles. The summed E-state index contributed by atoms with van der Waals surface area (Å²) < 4.78 is 5.27. The monoisotopic (exact) mass is 253 g/mol. The highest BCUT2D eigenvalue weighted by Gasteiger charge is 2.14. The third kappa shape index (κ3) is 3.30. The number of nitrogens with one attached hydrogen (secondary N) is 1. The molecule has 1 atom stereocenters. The lowest BCUT2D eigenvalue weighted by Crippen LogP contribution is -2.20. The molecule has 0 spiro atoms. The van der Waals surface area contributed by atoms with Crippen molar-refractivity contribution >= 4 is 0 Å². The molecule has 0 fully saturated rings. The van der Waals surface area contributed by atoms with Crippen LogP contribution in [0.25, 0.3) is 0 Å². The van der Waals surface area contributed by atoms with Crippen LogP contribution in [0.4, 0.5) is 0 Å². The quantitative estimate of drug-likeness (QED) is 0.889. The van der Waals surface area contributed by atoms with Gasteiger partial charge in [0.05, 0.1) is 18.9 Å². The molecule has 0 amide bonds. The number of aromatic nitrogens is 1. The number of benzene rings is 1. The number of nitriles is 1. The maximum absolute atomic E-state index is 9.29. The van der Waals surface area contributed by atoms with Gasteiger partial charge in [-0.15, -0.1) is 0 Å². The SMILES string of the molecule is COc1ccccc1C(C#N)NCc1ccccn1. The Morgan fingerprint density at radius 3 is 2.74 bits per heavy atom. The number of pyridine rings is 1. The molecule has 0 aliphatic heterocycles. The van der Waals surface area contributed by atoms with E-state index in [4.69, 9.17) is 4.74 Å². The third-order valence-electron chi connectivity index (χ3n) is 2.79. The average molecular weight is 253 g/mol. The van der Waals surface area contributed by atoms with Crippen LogP contribution < -0.4 is 10.1 Å². The van der Waals surface area contributed by atoms with Gasteiger partial charge >= 0.3 is 0 Å². The van der Waals surface area contributed by atoms with Crippen molar-refractivity contribution in [2.45, 2.75) is 12.6 Å². The minimum Gasteiger partial charge on any atom is -0.496 e. The first-order chi connectivity index (χ1) is 9.35. The van der Waals surface area contributed by atoms with Crippen LogP contribution in [-0.2, 0) is 6.54 Å². The summed E-state index contributed by atoms with van der Waals surface area (Å²) in [4.78, 5) is 4.22. The Kier molecular flexibility index (Phi) is 4.49. The minimum absolute atomic E-state index is 0.418. The van der Waals surface area contributed by atoms with Gasteiger partial charge in [-0.3, -0.25) is 10.3 Å². The molecule has 0 bridgehead atoms. The third-order valence-corrected chi connectivity index (χ3v) is 2.79. The highest BCUT2D eigenvalue weighted by atomic mass is 16.5. The van der Waals surface area contributed by atoms with Crippen molar-refractivity contribution in [3.63, 3.8) is 0 Å². The molecule has 1 aromatic carbocycles. The van der Waals surface area contributed by atoms with Crippen molar-refractivity contribution in [1.29, 1.82) is 5.26 Å². The van der Waals surface area contributed by atoms with E-state index >= 15 is 0 Å². The van der Waals surface area contributed by atoms with Crippen molar-refractivity contribution in [2.75, 3.05) is 7.11 Å². The van der Waals surface area contributed by atoms with Crippen molar-refractivity contribution in [2.24, 2.45) is 0 Å². The van der Waals surface area contributed by atoms with E-state index < -0.39 is 6.04 Å². The zero-order valence-electron chi connectivity index (χ0n) is 10.7. The first-order valence-electron chi connectivity index (χ1n) is 6.01. The number of para-hydroxylation sites is 1. The maximum atomic E-state index is 9.29. The largest absolute Gasteiger partial charge is 0.496 e. The van der Waals surface area contributed by atoms with Crippen molar-refractivity contribution < 1.29 is 4.74 Å². The normalized spacial score (nSPS) is 11.6. The van der Waals surface area contributed by atoms with E-state index in [2.05, 4.69) is 16.4 Å². The molecule has 0 aliphatic rings. The molecule has 0 saturated carbocycles. The molecule has 2 rings (SSSR count). The summed E-state index contributed by atoms with van der Waals surface area (Å²) in [7, 11) is 1.60. The van der Waals surface area contributed by atoms with E-state index in [9.17, 15) is 5.26 Å². The maximum Gasteiger partial charge on any atom is 0.125 e. The van der Waals surface area contributed by atoms with Crippen molar-refractivity contribution in [1.82, 2.24) is 10.3 Å². The van der Waals surface area contributed by atoms with Gasteiger partial charge in [0.1, 0.15) is 11.8 Å². The van der Waals surface area contributed by atoms with Crippen molar-refractivity contribution in [3.8, 4) is 11.8 Å². The molecule has 1 N–H and O–H groups in total. The van der Waals surface area contributed by atoms with Crippen LogP contribution >= 0.6 is 0 Å². The summed E-state index contributed by atoms with van der Waals surface area (Å²) in [5.74, 6) is 0.711. The lowest BCUT2D eigenvalue weighted by molar-refractivity contribution is 0.405. The Labute approximate surface area is 112 Å². The van der Waals surface area contributed by atoms with Gasteiger partial charge in [-0.25, -0.2) is 0 Å². The van der Waals surface area contributed by atoms with Gasteiger partial charge in [-0.1, -0.05) is 24.3 Å². The van der Waals surface area contributed by atoms with Gasteiger partial charge in [-0.05, 0) is 18.2 Å². The first-order valence-corrected chi connectivity index (χ1v) is 6.01. The summed E-state index contributed by atoms with van der Waals surface area (Å²) in [5, 5.41) is 12.5. The van der Waals surface area contributed by atoms with E-state index in [-0.39, 0.29) is 0 Å². The van der Waals surface area contributed by atoms with Crippen molar-refractivity contribution in [3.05, 3.63) is 59.9 Å². The molecule has 2 aromatic rings. The van der Waals surface area contributed by atoms with Crippen LogP contribution in [0.1, 0.15) is 17.3 Å². The highest BCUT2D eigenvalue weighted by Crippen LogP contribution is 2.24. The van der Waals surface area contributed by atoms with Gasteiger partial charge in [-0.2, -0.15) is 5.26 Å². The zero-order valence-corrected chi connectivity index (χ0v) is 10.7. The Hall–Kier alpha value is -2.38. The molecule has 0 radical (unpaired) electrons. The van der Waals surface area contributed by atoms with Gasteiger partial charge in [0.15, 0.2) is 0 Å². The predicted molar refractivity (Wildman–Crippen MR) is 72.4 cm³/mol. The van der Waals surface area contributed by atoms with E-state index in [1.54, 1.807) is 13.3 Å². The second-order valence-electron chi connectivity index (χ2n) is 4.01. The lowest BCUT2D eigenvalue weighted by Gasteiger charge is -2.14. The standard InChI is InChI=1S/C15H15N3O/c1-19-15-8-3-2-7-13(15)14(10-16)18-11-12-6-4-5-9-17-12/h2-9,14,18H,11H2,1H3. The molecule has 1 aromatic heterocycles. The molecule has 4 heteroatoms. The first kappa shape index (κ1) is 13.1. The summed E-state index contributed by atoms with van der Waals surface area (Å²) >= 11 is 0. The van der Waals surface area contributed by atoms with Crippen LogP contribution in [0, 0.1) is 11.3 Å². The fourth-order valence-corrected chi connectivity index (χ4v) is 1.84. The Morgan fingerprint density at radius 2 is 2.05 bits per heavy atom. The number of ether oxygens (including phenoxy) is 1. The number of methoxy groups -OCH3 is 1. The van der Waals surface area contributed by atoms with Crippen LogP contribution in [0.2, 0.25) is 0 Å². The van der Waals surface area contributed by atoms with Crippen LogP contribution in [0.3, 0.4) is 0 Å². The number of rotatable bonds is 5. The minimum atomic E-state index is -0.418. The predicted octanol–water partition coefficient (Wildman–Crippen LogP) is 2.44. The Balaban J connectivity index is 2.11. The summed E-state index contributed by atoms with van der Waals surface area (Å²) in [6.07, 6.45) is 1.74. The molecular formula is C15H15N3O. The van der Waals surface area contributed by atoms with Crippen LogP contribution in [0.15, 0.2) is 48.7 Å². The lowest BCUT2D eigenvalue weighted by atomic mass is 10.1. The Morgan fingerprint density at radius 1 is 1.26 bits per heavy atom. The topological polar surface area (TPSA) is 57.9 Å².